The summed E-state index contributed by atoms with van der Waals surface area (Å²) in [5.41, 5.74) is 1.79. The highest BCUT2D eigenvalue weighted by Crippen LogP contribution is 2.01. The number of imidazole rings is 1. The lowest BCUT2D eigenvalue weighted by Crippen LogP contribution is -2.10. The van der Waals surface area contributed by atoms with Gasteiger partial charge in [0.05, 0.1) is 5.52 Å². The number of aromatic nitrogens is 2. The Morgan fingerprint density at radius 2 is 2.27 bits per heavy atom. The molecule has 56 valence electrons. The molecule has 0 saturated carbocycles. The molecule has 0 aliphatic carbocycles. The van der Waals surface area contributed by atoms with E-state index < -0.39 is 0 Å². The van der Waals surface area contributed by atoms with E-state index in [0.717, 1.165) is 11.2 Å². The van der Waals surface area contributed by atoms with E-state index in [4.69, 9.17) is 0 Å². The first-order chi connectivity index (χ1) is 5.29. The highest BCUT2D eigenvalue weighted by atomic mass is 16.1. The van der Waals surface area contributed by atoms with Gasteiger partial charge in [0.25, 0.3) is 0 Å². The van der Waals surface area contributed by atoms with E-state index in [0.29, 0.717) is 0 Å². The highest BCUT2D eigenvalue weighted by molar-refractivity contribution is 5.45. The third kappa shape index (κ3) is 0.774. The van der Waals surface area contributed by atoms with Gasteiger partial charge in [0.2, 0.25) is 0 Å². The zero-order chi connectivity index (χ0) is 7.84. The third-order valence-corrected chi connectivity index (χ3v) is 1.76. The average molecular weight is 148 g/mol. The fraction of sp³-hybridized carbons (Fsp3) is 0.125. The Morgan fingerprint density at radius 1 is 1.45 bits per heavy atom. The van der Waals surface area contributed by atoms with E-state index in [2.05, 4.69) is 4.98 Å². The van der Waals surface area contributed by atoms with Crippen molar-refractivity contribution in [1.82, 2.24) is 9.38 Å². The number of fused-ring (bicyclic) bond motifs is 1. The normalized spacial score (nSPS) is 10.6. The van der Waals surface area contributed by atoms with Gasteiger partial charge < -0.3 is 4.98 Å². The Balaban J connectivity index is 3.08. The predicted octanol–water partition coefficient (Wildman–Crippen LogP) is 0.936. The molecule has 11 heavy (non-hydrogen) atoms. The van der Waals surface area contributed by atoms with Crippen molar-refractivity contribution in [3.05, 3.63) is 40.6 Å². The molecule has 3 heteroatoms. The standard InChI is InChI=1S/C8H8N2O/c1-6-3-2-4-7-5-9-8(11)10(6)7/h2-5H,1H3,(H,9,11). The molecule has 0 radical (unpaired) electrons. The second-order valence-corrected chi connectivity index (χ2v) is 2.52. The van der Waals surface area contributed by atoms with Gasteiger partial charge >= 0.3 is 5.69 Å². The number of aromatic amines is 1. The van der Waals surface area contributed by atoms with Gasteiger partial charge in [-0.15, -0.1) is 0 Å². The van der Waals surface area contributed by atoms with Crippen LogP contribution in [0.15, 0.2) is 29.2 Å². The second-order valence-electron chi connectivity index (χ2n) is 2.52. The van der Waals surface area contributed by atoms with Gasteiger partial charge in [0.15, 0.2) is 0 Å². The van der Waals surface area contributed by atoms with Crippen LogP contribution in [-0.4, -0.2) is 9.38 Å². The van der Waals surface area contributed by atoms with Crippen LogP contribution >= 0.6 is 0 Å². The summed E-state index contributed by atoms with van der Waals surface area (Å²) in [5.74, 6) is 0. The molecule has 0 saturated heterocycles. The molecule has 0 fully saturated rings. The molecule has 0 bridgehead atoms. The average Bonchev–Trinajstić information content (AvgIpc) is 2.34. The van der Waals surface area contributed by atoms with Crippen molar-refractivity contribution in [3.63, 3.8) is 0 Å². The zero-order valence-corrected chi connectivity index (χ0v) is 6.16. The van der Waals surface area contributed by atoms with E-state index in [9.17, 15) is 4.79 Å². The molecule has 3 nitrogen and oxygen atoms in total. The molecule has 2 aromatic rings. The van der Waals surface area contributed by atoms with Gasteiger partial charge in [-0.2, -0.15) is 0 Å². The first kappa shape index (κ1) is 6.22. The van der Waals surface area contributed by atoms with Crippen molar-refractivity contribution in [2.75, 3.05) is 0 Å². The van der Waals surface area contributed by atoms with E-state index in [-0.39, 0.29) is 5.69 Å². The fourth-order valence-electron chi connectivity index (χ4n) is 1.23. The molecule has 2 heterocycles. The Kier molecular flexibility index (Phi) is 1.12. The lowest BCUT2D eigenvalue weighted by molar-refractivity contribution is 1.01. The summed E-state index contributed by atoms with van der Waals surface area (Å²) in [6.07, 6.45) is 1.70. The van der Waals surface area contributed by atoms with Crippen LogP contribution in [0.2, 0.25) is 0 Å². The third-order valence-electron chi connectivity index (χ3n) is 1.76. The van der Waals surface area contributed by atoms with Crippen molar-refractivity contribution < 1.29 is 0 Å². The lowest BCUT2D eigenvalue weighted by atomic mass is 10.3. The molecule has 0 aliphatic rings. The summed E-state index contributed by atoms with van der Waals surface area (Å²) in [6.45, 7) is 1.90. The second kappa shape index (κ2) is 1.99. The van der Waals surface area contributed by atoms with Crippen LogP contribution in [0.5, 0.6) is 0 Å². The molecule has 0 aromatic carbocycles. The fourth-order valence-corrected chi connectivity index (χ4v) is 1.23. The molecule has 0 unspecified atom stereocenters. The van der Waals surface area contributed by atoms with E-state index in [1.54, 1.807) is 10.6 Å². The molecule has 0 aliphatic heterocycles. The maximum atomic E-state index is 11.1. The smallest absolute Gasteiger partial charge is 0.312 e. The van der Waals surface area contributed by atoms with Gasteiger partial charge in [0, 0.05) is 11.9 Å². The Hall–Kier alpha value is -1.51. The van der Waals surface area contributed by atoms with E-state index in [1.165, 1.54) is 0 Å². The van der Waals surface area contributed by atoms with Crippen LogP contribution in [0.4, 0.5) is 0 Å². The number of nitrogens with zero attached hydrogens (tertiary/aromatic N) is 1. The first-order valence-electron chi connectivity index (χ1n) is 3.45. The molecule has 2 aromatic heterocycles. The van der Waals surface area contributed by atoms with Crippen LogP contribution in [0.25, 0.3) is 5.52 Å². The Bertz CT molecular complexity index is 439. The van der Waals surface area contributed by atoms with Crippen molar-refractivity contribution >= 4 is 5.52 Å². The summed E-state index contributed by atoms with van der Waals surface area (Å²) in [7, 11) is 0. The number of pyridine rings is 1. The number of aryl methyl sites for hydroxylation is 1. The number of hydrogen-bond acceptors (Lipinski definition) is 1. The molecular weight excluding hydrogens is 140 g/mol. The summed E-state index contributed by atoms with van der Waals surface area (Å²) in [5, 5.41) is 0. The summed E-state index contributed by atoms with van der Waals surface area (Å²) in [6, 6.07) is 5.73. The largest absolute Gasteiger partial charge is 0.330 e. The first-order valence-corrected chi connectivity index (χ1v) is 3.45. The minimum absolute atomic E-state index is 0.0712. The molecule has 0 atom stereocenters. The number of rotatable bonds is 0. The minimum Gasteiger partial charge on any atom is -0.312 e. The van der Waals surface area contributed by atoms with Crippen molar-refractivity contribution in [2.45, 2.75) is 6.92 Å². The maximum absolute atomic E-state index is 11.1. The van der Waals surface area contributed by atoms with Gasteiger partial charge in [-0.1, -0.05) is 6.07 Å². The Morgan fingerprint density at radius 3 is 3.00 bits per heavy atom. The van der Waals surface area contributed by atoms with Crippen LogP contribution in [-0.2, 0) is 0 Å². The SMILES string of the molecule is Cc1cccc2c[nH]c(=O)n12. The molecule has 0 spiro atoms. The molecular formula is C8H8N2O. The number of hydrogen-bond donors (Lipinski definition) is 1. The molecule has 0 amide bonds. The Labute approximate surface area is 63.3 Å². The molecule has 1 N–H and O–H groups in total. The van der Waals surface area contributed by atoms with Crippen molar-refractivity contribution in [2.24, 2.45) is 0 Å². The summed E-state index contributed by atoms with van der Waals surface area (Å²) in [4.78, 5) is 13.7. The quantitative estimate of drug-likeness (QED) is 0.593. The summed E-state index contributed by atoms with van der Waals surface area (Å²) < 4.78 is 1.64. The van der Waals surface area contributed by atoms with Crippen LogP contribution in [0.3, 0.4) is 0 Å². The highest BCUT2D eigenvalue weighted by Gasteiger charge is 1.97. The molecule has 2 rings (SSSR count). The van der Waals surface area contributed by atoms with Crippen LogP contribution in [0, 0.1) is 6.92 Å². The van der Waals surface area contributed by atoms with Crippen molar-refractivity contribution in [1.29, 1.82) is 0 Å². The predicted molar refractivity (Wildman–Crippen MR) is 42.8 cm³/mol. The lowest BCUT2D eigenvalue weighted by Gasteiger charge is -1.95. The zero-order valence-electron chi connectivity index (χ0n) is 6.16. The van der Waals surface area contributed by atoms with Gasteiger partial charge in [-0.3, -0.25) is 4.40 Å². The maximum Gasteiger partial charge on any atom is 0.330 e. The van der Waals surface area contributed by atoms with Gasteiger partial charge in [-0.25, -0.2) is 4.79 Å². The van der Waals surface area contributed by atoms with Gasteiger partial charge in [0.1, 0.15) is 0 Å². The van der Waals surface area contributed by atoms with Gasteiger partial charge in [-0.05, 0) is 19.1 Å². The van der Waals surface area contributed by atoms with Crippen LogP contribution < -0.4 is 5.69 Å². The van der Waals surface area contributed by atoms with E-state index >= 15 is 0 Å². The van der Waals surface area contributed by atoms with Crippen LogP contribution in [0.1, 0.15) is 5.69 Å². The topological polar surface area (TPSA) is 37.3 Å². The number of nitrogens with one attached hydrogen (secondary N) is 1. The summed E-state index contributed by atoms with van der Waals surface area (Å²) >= 11 is 0. The number of H-pyrrole nitrogens is 1. The minimum atomic E-state index is -0.0712. The van der Waals surface area contributed by atoms with E-state index in [1.807, 2.05) is 25.1 Å². The monoisotopic (exact) mass is 148 g/mol. The van der Waals surface area contributed by atoms with Crippen molar-refractivity contribution in [3.8, 4) is 0 Å².